The fourth-order valence-corrected chi connectivity index (χ4v) is 3.53. The van der Waals surface area contributed by atoms with Gasteiger partial charge in [0.05, 0.1) is 6.10 Å². The molecule has 0 bridgehead atoms. The van der Waals surface area contributed by atoms with Gasteiger partial charge >= 0.3 is 0 Å². The predicted octanol–water partition coefficient (Wildman–Crippen LogP) is 0.956. The molecular formula is C14H31N3O3S. The van der Waals surface area contributed by atoms with E-state index in [0.717, 1.165) is 32.4 Å². The number of nitrogens with one attached hydrogen (secondary N) is 2. The summed E-state index contributed by atoms with van der Waals surface area (Å²) in [7, 11) is -1.75. The van der Waals surface area contributed by atoms with Gasteiger partial charge in [0.2, 0.25) is 0 Å². The summed E-state index contributed by atoms with van der Waals surface area (Å²) in [4.78, 5) is 0. The molecule has 0 radical (unpaired) electrons. The maximum Gasteiger partial charge on any atom is 0.279 e. The van der Waals surface area contributed by atoms with E-state index < -0.39 is 10.2 Å². The monoisotopic (exact) mass is 321 g/mol. The van der Waals surface area contributed by atoms with Crippen LogP contribution in [0.3, 0.4) is 0 Å². The van der Waals surface area contributed by atoms with E-state index in [-0.39, 0.29) is 6.10 Å². The summed E-state index contributed by atoms with van der Waals surface area (Å²) < 4.78 is 34.0. The molecule has 1 fully saturated rings. The first kappa shape index (κ1) is 18.8. The maximum absolute atomic E-state index is 12.2. The number of nitrogens with zero attached hydrogens (tertiary/aromatic N) is 1. The molecule has 2 atom stereocenters. The summed E-state index contributed by atoms with van der Waals surface area (Å²) in [5, 5.41) is 3.28. The highest BCUT2D eigenvalue weighted by molar-refractivity contribution is 7.87. The summed E-state index contributed by atoms with van der Waals surface area (Å²) >= 11 is 0. The Bertz CT molecular complexity index is 387. The van der Waals surface area contributed by atoms with E-state index >= 15 is 0 Å². The van der Waals surface area contributed by atoms with Crippen LogP contribution in [-0.4, -0.2) is 58.2 Å². The molecule has 2 N–H and O–H groups in total. The van der Waals surface area contributed by atoms with E-state index in [0.29, 0.717) is 25.0 Å². The van der Waals surface area contributed by atoms with E-state index in [1.165, 1.54) is 4.31 Å². The van der Waals surface area contributed by atoms with Crippen molar-refractivity contribution in [1.82, 2.24) is 14.3 Å². The smallest absolute Gasteiger partial charge is 0.279 e. The van der Waals surface area contributed by atoms with Gasteiger partial charge in [-0.3, -0.25) is 0 Å². The number of rotatable bonds is 10. The highest BCUT2D eigenvalue weighted by Gasteiger charge is 2.28. The minimum atomic E-state index is -3.38. The Hall–Kier alpha value is -0.210. The highest BCUT2D eigenvalue weighted by atomic mass is 32.2. The van der Waals surface area contributed by atoms with Crippen LogP contribution in [-0.2, 0) is 14.9 Å². The van der Waals surface area contributed by atoms with Gasteiger partial charge in [0.15, 0.2) is 0 Å². The summed E-state index contributed by atoms with van der Waals surface area (Å²) in [5.41, 5.74) is 0. The third-order valence-electron chi connectivity index (χ3n) is 3.89. The van der Waals surface area contributed by atoms with Crippen molar-refractivity contribution in [2.45, 2.75) is 52.2 Å². The molecule has 0 aromatic heterocycles. The molecule has 2 unspecified atom stereocenters. The third kappa shape index (κ3) is 6.61. The lowest BCUT2D eigenvalue weighted by Crippen LogP contribution is -2.42. The largest absolute Gasteiger partial charge is 0.378 e. The molecule has 1 aliphatic rings. The summed E-state index contributed by atoms with van der Waals surface area (Å²) in [6, 6.07) is 0.429. The summed E-state index contributed by atoms with van der Waals surface area (Å²) in [5.74, 6) is 0.292. The van der Waals surface area contributed by atoms with Crippen molar-refractivity contribution in [3.8, 4) is 0 Å². The van der Waals surface area contributed by atoms with Crippen LogP contribution in [0.4, 0.5) is 0 Å². The molecule has 0 aromatic carbocycles. The van der Waals surface area contributed by atoms with Crippen LogP contribution in [0.2, 0.25) is 0 Å². The van der Waals surface area contributed by atoms with Gasteiger partial charge in [0.1, 0.15) is 0 Å². The van der Waals surface area contributed by atoms with Crippen LogP contribution in [0, 0.1) is 5.92 Å². The molecule has 0 amide bonds. The van der Waals surface area contributed by atoms with Crippen molar-refractivity contribution >= 4 is 10.2 Å². The fraction of sp³-hybridized carbons (Fsp3) is 1.00. The standard InChI is InChI=1S/C14H31N3O3S/c1-5-14-13(7-10-20-14)11-16-21(18,19)17(4)9-6-8-15-12(2)3/h12-16H,5-11H2,1-4H3. The Morgan fingerprint density at radius 1 is 1.38 bits per heavy atom. The normalized spacial score (nSPS) is 23.3. The van der Waals surface area contributed by atoms with Crippen LogP contribution >= 0.6 is 0 Å². The first-order chi connectivity index (χ1) is 9.86. The average Bonchev–Trinajstić information content (AvgIpc) is 2.88. The van der Waals surface area contributed by atoms with E-state index in [2.05, 4.69) is 30.8 Å². The fourth-order valence-electron chi connectivity index (χ4n) is 2.51. The lowest BCUT2D eigenvalue weighted by Gasteiger charge is -2.21. The van der Waals surface area contributed by atoms with Gasteiger partial charge in [0, 0.05) is 38.7 Å². The zero-order valence-corrected chi connectivity index (χ0v) is 14.6. The van der Waals surface area contributed by atoms with Crippen molar-refractivity contribution in [1.29, 1.82) is 0 Å². The summed E-state index contributed by atoms with van der Waals surface area (Å²) in [6.07, 6.45) is 2.86. The van der Waals surface area contributed by atoms with Gasteiger partial charge < -0.3 is 10.1 Å². The molecule has 1 rings (SSSR count). The SMILES string of the molecule is CCC1OCCC1CNS(=O)(=O)N(C)CCCNC(C)C. The molecule has 1 saturated heterocycles. The van der Waals surface area contributed by atoms with Gasteiger partial charge in [0.25, 0.3) is 10.2 Å². The molecule has 0 spiro atoms. The van der Waals surface area contributed by atoms with E-state index in [9.17, 15) is 8.42 Å². The van der Waals surface area contributed by atoms with E-state index in [4.69, 9.17) is 4.74 Å². The lowest BCUT2D eigenvalue weighted by atomic mass is 10.0. The van der Waals surface area contributed by atoms with Gasteiger partial charge in [-0.2, -0.15) is 12.7 Å². The molecule has 7 heteroatoms. The Morgan fingerprint density at radius 2 is 2.10 bits per heavy atom. The first-order valence-corrected chi connectivity index (χ1v) is 9.36. The molecular weight excluding hydrogens is 290 g/mol. The quantitative estimate of drug-likeness (QED) is 0.588. The number of hydrogen-bond donors (Lipinski definition) is 2. The molecule has 126 valence electrons. The predicted molar refractivity (Wildman–Crippen MR) is 85.4 cm³/mol. The van der Waals surface area contributed by atoms with Crippen LogP contribution in [0.15, 0.2) is 0 Å². The molecule has 0 aromatic rings. The highest BCUT2D eigenvalue weighted by Crippen LogP contribution is 2.22. The minimum absolute atomic E-state index is 0.188. The van der Waals surface area contributed by atoms with Crippen molar-refractivity contribution in [3.05, 3.63) is 0 Å². The van der Waals surface area contributed by atoms with Gasteiger partial charge in [-0.1, -0.05) is 20.8 Å². The molecule has 6 nitrogen and oxygen atoms in total. The molecule has 21 heavy (non-hydrogen) atoms. The van der Waals surface area contributed by atoms with Crippen molar-refractivity contribution in [2.75, 3.05) is 33.3 Å². The second-order valence-corrected chi connectivity index (χ2v) is 7.87. The summed E-state index contributed by atoms with van der Waals surface area (Å²) in [6.45, 7) is 8.79. The number of hydrogen-bond acceptors (Lipinski definition) is 4. The Balaban J connectivity index is 2.31. The lowest BCUT2D eigenvalue weighted by molar-refractivity contribution is 0.0884. The van der Waals surface area contributed by atoms with Crippen molar-refractivity contribution < 1.29 is 13.2 Å². The van der Waals surface area contributed by atoms with Crippen molar-refractivity contribution in [3.63, 3.8) is 0 Å². The molecule has 1 aliphatic heterocycles. The van der Waals surface area contributed by atoms with Crippen LogP contribution in [0.1, 0.15) is 40.0 Å². The molecule has 0 aliphatic carbocycles. The zero-order chi connectivity index (χ0) is 15.9. The average molecular weight is 321 g/mol. The Labute approximate surface area is 129 Å². The Kier molecular flexibility index (Phi) is 8.12. The van der Waals surface area contributed by atoms with Crippen molar-refractivity contribution in [2.24, 2.45) is 5.92 Å². The number of ether oxygens (including phenoxy) is 1. The molecule has 0 saturated carbocycles. The molecule has 1 heterocycles. The first-order valence-electron chi connectivity index (χ1n) is 7.92. The second kappa shape index (κ2) is 9.05. The third-order valence-corrected chi connectivity index (χ3v) is 5.42. The van der Waals surface area contributed by atoms with E-state index in [1.807, 2.05) is 0 Å². The minimum Gasteiger partial charge on any atom is -0.378 e. The Morgan fingerprint density at radius 3 is 2.71 bits per heavy atom. The zero-order valence-electron chi connectivity index (χ0n) is 13.8. The topological polar surface area (TPSA) is 70.7 Å². The van der Waals surface area contributed by atoms with Crippen LogP contribution in [0.25, 0.3) is 0 Å². The van der Waals surface area contributed by atoms with Gasteiger partial charge in [-0.15, -0.1) is 0 Å². The van der Waals surface area contributed by atoms with Crippen LogP contribution in [0.5, 0.6) is 0 Å². The second-order valence-electron chi connectivity index (χ2n) is 6.00. The maximum atomic E-state index is 12.2. The van der Waals surface area contributed by atoms with Gasteiger partial charge in [-0.25, -0.2) is 4.72 Å². The van der Waals surface area contributed by atoms with E-state index in [1.54, 1.807) is 7.05 Å². The van der Waals surface area contributed by atoms with Gasteiger partial charge in [-0.05, 0) is 25.8 Å². The van der Waals surface area contributed by atoms with Crippen LogP contribution < -0.4 is 10.0 Å².